The summed E-state index contributed by atoms with van der Waals surface area (Å²) in [4.78, 5) is 17.0. The summed E-state index contributed by atoms with van der Waals surface area (Å²) in [6.07, 6.45) is 4.13. The molecule has 2 aliphatic rings. The van der Waals surface area contributed by atoms with Gasteiger partial charge in [-0.2, -0.15) is 0 Å². The van der Waals surface area contributed by atoms with Gasteiger partial charge < -0.3 is 9.80 Å². The van der Waals surface area contributed by atoms with Crippen molar-refractivity contribution in [1.29, 1.82) is 0 Å². The van der Waals surface area contributed by atoms with Gasteiger partial charge in [0.15, 0.2) is 0 Å². The Morgan fingerprint density at radius 3 is 2.11 bits per heavy atom. The highest BCUT2D eigenvalue weighted by Gasteiger charge is 2.47. The molecule has 0 unspecified atom stereocenters. The fourth-order valence-electron chi connectivity index (χ4n) is 3.54. The number of hydrazine groups is 1. The first-order valence-electron chi connectivity index (χ1n) is 6.96. The van der Waals surface area contributed by atoms with Gasteiger partial charge in [-0.25, -0.2) is 5.84 Å². The summed E-state index contributed by atoms with van der Waals surface area (Å²) in [5, 5.41) is 0. The topological polar surface area (TPSA) is 61.6 Å². The number of carbonyl (C=O) groups excluding carboxylic acids is 1. The minimum atomic E-state index is -0.220. The van der Waals surface area contributed by atoms with Crippen LogP contribution in [0.4, 0.5) is 0 Å². The zero-order valence-electron chi connectivity index (χ0n) is 11.6. The van der Waals surface area contributed by atoms with Crippen molar-refractivity contribution in [1.82, 2.24) is 15.2 Å². The van der Waals surface area contributed by atoms with Crippen molar-refractivity contribution < 1.29 is 4.79 Å². The molecule has 0 spiro atoms. The second kappa shape index (κ2) is 5.55. The van der Waals surface area contributed by atoms with E-state index in [1.54, 1.807) is 0 Å². The number of piperidine rings is 2. The van der Waals surface area contributed by atoms with Crippen LogP contribution < -0.4 is 11.3 Å². The van der Waals surface area contributed by atoms with Crippen molar-refractivity contribution in [3.05, 3.63) is 0 Å². The fraction of sp³-hybridized carbons (Fsp3) is 0.923. The van der Waals surface area contributed by atoms with Crippen molar-refractivity contribution in [3.63, 3.8) is 0 Å². The molecule has 5 nitrogen and oxygen atoms in total. The van der Waals surface area contributed by atoms with E-state index < -0.39 is 0 Å². The number of nitrogens with two attached hydrogens (primary N) is 1. The molecule has 5 heteroatoms. The van der Waals surface area contributed by atoms with Gasteiger partial charge in [0, 0.05) is 0 Å². The first kappa shape index (κ1) is 13.8. The maximum Gasteiger partial charge on any atom is 0.240 e. The lowest BCUT2D eigenvalue weighted by molar-refractivity contribution is -0.139. The molecular formula is C13H26N4O. The second-order valence-corrected chi connectivity index (χ2v) is 6.01. The van der Waals surface area contributed by atoms with E-state index in [2.05, 4.69) is 29.3 Å². The van der Waals surface area contributed by atoms with Crippen LogP contribution in [0.25, 0.3) is 0 Å². The van der Waals surface area contributed by atoms with E-state index in [0.29, 0.717) is 5.92 Å². The van der Waals surface area contributed by atoms with Crippen LogP contribution in [0.15, 0.2) is 0 Å². The van der Waals surface area contributed by atoms with E-state index in [9.17, 15) is 4.79 Å². The molecule has 3 N–H and O–H groups in total. The molecule has 1 amide bonds. The molecule has 0 atom stereocenters. The Kier molecular flexibility index (Phi) is 4.25. The van der Waals surface area contributed by atoms with Gasteiger partial charge in [0.05, 0.1) is 5.41 Å². The fourth-order valence-corrected chi connectivity index (χ4v) is 3.54. The van der Waals surface area contributed by atoms with Gasteiger partial charge in [-0.05, 0) is 71.9 Å². The largest absolute Gasteiger partial charge is 0.306 e. The Bertz CT molecular complexity index is 291. The molecule has 0 radical (unpaired) electrons. The van der Waals surface area contributed by atoms with E-state index in [-0.39, 0.29) is 11.3 Å². The van der Waals surface area contributed by atoms with Crippen molar-refractivity contribution >= 4 is 5.91 Å². The molecular weight excluding hydrogens is 228 g/mol. The zero-order valence-corrected chi connectivity index (χ0v) is 11.6. The number of rotatable bonds is 2. The van der Waals surface area contributed by atoms with E-state index in [0.717, 1.165) is 51.9 Å². The van der Waals surface area contributed by atoms with Crippen LogP contribution in [-0.4, -0.2) is 56.0 Å². The summed E-state index contributed by atoms with van der Waals surface area (Å²) in [5.74, 6) is 5.99. The number of nitrogens with one attached hydrogen (secondary N) is 1. The van der Waals surface area contributed by atoms with Gasteiger partial charge in [0.2, 0.25) is 5.91 Å². The summed E-state index contributed by atoms with van der Waals surface area (Å²) in [6.45, 7) is 4.19. The molecule has 0 aromatic carbocycles. The van der Waals surface area contributed by atoms with Crippen molar-refractivity contribution in [2.45, 2.75) is 25.7 Å². The predicted octanol–water partition coefficient (Wildman–Crippen LogP) is 0.0301. The summed E-state index contributed by atoms with van der Waals surface area (Å²) in [5.41, 5.74) is 2.21. The lowest BCUT2D eigenvalue weighted by Gasteiger charge is -2.46. The molecule has 2 aliphatic heterocycles. The maximum atomic E-state index is 12.3. The van der Waals surface area contributed by atoms with Gasteiger partial charge in [-0.3, -0.25) is 10.2 Å². The molecule has 0 aliphatic carbocycles. The first-order chi connectivity index (χ1) is 8.58. The average Bonchev–Trinajstić information content (AvgIpc) is 2.40. The molecule has 0 aromatic heterocycles. The van der Waals surface area contributed by atoms with E-state index in [4.69, 9.17) is 5.84 Å². The van der Waals surface area contributed by atoms with Crippen LogP contribution in [0.5, 0.6) is 0 Å². The normalized spacial score (nSPS) is 27.1. The standard InChI is InChI=1S/C13H26N4O/c1-16-7-3-11(4-8-16)13(12(18)15-14)5-9-17(2)10-6-13/h11H,3-10,14H2,1-2H3,(H,15,18). The number of likely N-dealkylation sites (tertiary alicyclic amines) is 2. The summed E-state index contributed by atoms with van der Waals surface area (Å²) >= 11 is 0. The second-order valence-electron chi connectivity index (χ2n) is 6.01. The lowest BCUT2D eigenvalue weighted by Crippen LogP contribution is -2.55. The minimum Gasteiger partial charge on any atom is -0.306 e. The first-order valence-corrected chi connectivity index (χ1v) is 6.96. The summed E-state index contributed by atoms with van der Waals surface area (Å²) < 4.78 is 0. The van der Waals surface area contributed by atoms with Gasteiger partial charge in [0.25, 0.3) is 0 Å². The highest BCUT2D eigenvalue weighted by atomic mass is 16.2. The van der Waals surface area contributed by atoms with Crippen molar-refractivity contribution in [2.24, 2.45) is 17.2 Å². The number of nitrogens with zero attached hydrogens (tertiary/aromatic N) is 2. The molecule has 2 rings (SSSR count). The predicted molar refractivity (Wildman–Crippen MR) is 71.7 cm³/mol. The van der Waals surface area contributed by atoms with Crippen molar-refractivity contribution in [3.8, 4) is 0 Å². The molecule has 2 heterocycles. The number of carbonyl (C=O) groups is 1. The molecule has 18 heavy (non-hydrogen) atoms. The highest BCUT2D eigenvalue weighted by molar-refractivity contribution is 5.82. The smallest absolute Gasteiger partial charge is 0.240 e. The van der Waals surface area contributed by atoms with E-state index >= 15 is 0 Å². The van der Waals surface area contributed by atoms with E-state index in [1.807, 2.05) is 0 Å². The van der Waals surface area contributed by atoms with Crippen LogP contribution in [0, 0.1) is 11.3 Å². The number of amides is 1. The Morgan fingerprint density at radius 1 is 1.11 bits per heavy atom. The zero-order chi connectivity index (χ0) is 13.2. The third kappa shape index (κ3) is 2.53. The quantitative estimate of drug-likeness (QED) is 0.415. The van der Waals surface area contributed by atoms with E-state index in [1.165, 1.54) is 0 Å². The van der Waals surface area contributed by atoms with Crippen molar-refractivity contribution in [2.75, 3.05) is 40.3 Å². The van der Waals surface area contributed by atoms with Gasteiger partial charge >= 0.3 is 0 Å². The average molecular weight is 254 g/mol. The molecule has 0 saturated carbocycles. The van der Waals surface area contributed by atoms with Crippen LogP contribution >= 0.6 is 0 Å². The molecule has 0 bridgehead atoms. The monoisotopic (exact) mass is 254 g/mol. The molecule has 2 saturated heterocycles. The molecule has 0 aromatic rings. The summed E-state index contributed by atoms with van der Waals surface area (Å²) in [6, 6.07) is 0. The Morgan fingerprint density at radius 2 is 1.61 bits per heavy atom. The third-order valence-corrected chi connectivity index (χ3v) is 4.96. The Labute approximate surface area is 110 Å². The minimum absolute atomic E-state index is 0.0603. The van der Waals surface area contributed by atoms with Crippen LogP contribution in [0.2, 0.25) is 0 Å². The van der Waals surface area contributed by atoms with Crippen LogP contribution in [-0.2, 0) is 4.79 Å². The number of hydrogen-bond donors (Lipinski definition) is 2. The third-order valence-electron chi connectivity index (χ3n) is 4.96. The van der Waals surface area contributed by atoms with Crippen LogP contribution in [0.1, 0.15) is 25.7 Å². The highest BCUT2D eigenvalue weighted by Crippen LogP contribution is 2.43. The molecule has 2 fully saturated rings. The van der Waals surface area contributed by atoms with Gasteiger partial charge in [-0.1, -0.05) is 0 Å². The molecule has 104 valence electrons. The Hall–Kier alpha value is -0.650. The van der Waals surface area contributed by atoms with Gasteiger partial charge in [-0.15, -0.1) is 0 Å². The maximum absolute atomic E-state index is 12.3. The Balaban J connectivity index is 2.12. The summed E-state index contributed by atoms with van der Waals surface area (Å²) in [7, 11) is 4.28. The van der Waals surface area contributed by atoms with Gasteiger partial charge in [0.1, 0.15) is 0 Å². The number of hydrogen-bond acceptors (Lipinski definition) is 4. The SMILES string of the molecule is CN1CCC(C2(C(=O)NN)CCN(C)CC2)CC1. The van der Waals surface area contributed by atoms with Crippen LogP contribution in [0.3, 0.4) is 0 Å². The lowest BCUT2D eigenvalue weighted by atomic mass is 9.65.